The molecule has 2 saturated carbocycles. The lowest BCUT2D eigenvalue weighted by Crippen LogP contribution is -2.35. The fourth-order valence-electron chi connectivity index (χ4n) is 2.86. The quantitative estimate of drug-likeness (QED) is 0.888. The SMILES string of the molecule is O=C1CCC(C(=O)NCCn2ccnc2C2CC2)CC1. The van der Waals surface area contributed by atoms with Crippen LogP contribution in [0.1, 0.15) is 50.3 Å². The molecule has 1 amide bonds. The smallest absolute Gasteiger partial charge is 0.223 e. The second kappa shape index (κ2) is 5.77. The van der Waals surface area contributed by atoms with Crippen molar-refractivity contribution in [3.05, 3.63) is 18.2 Å². The minimum absolute atomic E-state index is 0.0263. The molecule has 0 aromatic carbocycles. The van der Waals surface area contributed by atoms with Crippen LogP contribution in [0.5, 0.6) is 0 Å². The van der Waals surface area contributed by atoms with Crippen molar-refractivity contribution >= 4 is 11.7 Å². The zero-order valence-corrected chi connectivity index (χ0v) is 11.7. The summed E-state index contributed by atoms with van der Waals surface area (Å²) in [7, 11) is 0. The molecule has 1 heterocycles. The topological polar surface area (TPSA) is 64.0 Å². The van der Waals surface area contributed by atoms with Crippen molar-refractivity contribution in [1.29, 1.82) is 0 Å². The van der Waals surface area contributed by atoms with Gasteiger partial charge in [-0.3, -0.25) is 9.59 Å². The Kier molecular flexibility index (Phi) is 3.85. The highest BCUT2D eigenvalue weighted by atomic mass is 16.2. The van der Waals surface area contributed by atoms with Crippen LogP contribution in [0.25, 0.3) is 0 Å². The fraction of sp³-hybridized carbons (Fsp3) is 0.667. The van der Waals surface area contributed by atoms with E-state index in [0.29, 0.717) is 43.9 Å². The summed E-state index contributed by atoms with van der Waals surface area (Å²) < 4.78 is 2.14. The summed E-state index contributed by atoms with van der Waals surface area (Å²) in [5.74, 6) is 2.21. The Morgan fingerprint density at radius 1 is 1.30 bits per heavy atom. The number of nitrogens with one attached hydrogen (secondary N) is 1. The molecule has 0 unspecified atom stereocenters. The van der Waals surface area contributed by atoms with Crippen LogP contribution in [0.4, 0.5) is 0 Å². The Bertz CT molecular complexity index is 495. The second-order valence-corrected chi connectivity index (χ2v) is 5.86. The Hall–Kier alpha value is -1.65. The molecule has 0 saturated heterocycles. The largest absolute Gasteiger partial charge is 0.354 e. The van der Waals surface area contributed by atoms with Crippen molar-refractivity contribution in [1.82, 2.24) is 14.9 Å². The van der Waals surface area contributed by atoms with Gasteiger partial charge in [0.2, 0.25) is 5.91 Å². The van der Waals surface area contributed by atoms with Crippen molar-refractivity contribution in [2.45, 2.75) is 51.0 Å². The zero-order chi connectivity index (χ0) is 13.9. The van der Waals surface area contributed by atoms with Crippen LogP contribution in [0.2, 0.25) is 0 Å². The molecule has 2 aliphatic carbocycles. The monoisotopic (exact) mass is 275 g/mol. The first-order valence-electron chi connectivity index (χ1n) is 7.54. The average Bonchev–Trinajstić information content (AvgIpc) is 3.19. The van der Waals surface area contributed by atoms with Crippen molar-refractivity contribution in [2.75, 3.05) is 6.54 Å². The van der Waals surface area contributed by atoms with Crippen LogP contribution in [-0.2, 0) is 16.1 Å². The number of amides is 1. The number of carbonyl (C=O) groups is 2. The normalized spacial score (nSPS) is 20.1. The molecule has 0 bridgehead atoms. The van der Waals surface area contributed by atoms with E-state index in [2.05, 4.69) is 14.9 Å². The average molecular weight is 275 g/mol. The number of aromatic nitrogens is 2. The second-order valence-electron chi connectivity index (χ2n) is 5.86. The molecule has 0 atom stereocenters. The molecule has 1 aromatic heterocycles. The number of rotatable bonds is 5. The fourth-order valence-corrected chi connectivity index (χ4v) is 2.86. The predicted molar refractivity (Wildman–Crippen MR) is 74.2 cm³/mol. The summed E-state index contributed by atoms with van der Waals surface area (Å²) in [6, 6.07) is 0. The minimum atomic E-state index is 0.0263. The highest BCUT2D eigenvalue weighted by Gasteiger charge is 2.28. The minimum Gasteiger partial charge on any atom is -0.354 e. The molecular weight excluding hydrogens is 254 g/mol. The molecule has 5 heteroatoms. The lowest BCUT2D eigenvalue weighted by Gasteiger charge is -2.20. The van der Waals surface area contributed by atoms with E-state index >= 15 is 0 Å². The van der Waals surface area contributed by atoms with Gasteiger partial charge in [-0.25, -0.2) is 4.98 Å². The van der Waals surface area contributed by atoms with E-state index in [-0.39, 0.29) is 11.8 Å². The van der Waals surface area contributed by atoms with Gasteiger partial charge in [-0.2, -0.15) is 0 Å². The number of carbonyl (C=O) groups excluding carboxylic acids is 2. The first-order chi connectivity index (χ1) is 9.74. The van der Waals surface area contributed by atoms with Crippen molar-refractivity contribution < 1.29 is 9.59 Å². The molecule has 108 valence electrons. The summed E-state index contributed by atoms with van der Waals surface area (Å²) in [6.07, 6.45) is 8.84. The first-order valence-corrected chi connectivity index (χ1v) is 7.54. The standard InChI is InChI=1S/C15H21N3O2/c19-13-5-3-12(4-6-13)15(20)17-8-10-18-9-7-16-14(18)11-1-2-11/h7,9,11-12H,1-6,8,10H2,(H,17,20). The molecule has 1 N–H and O–H groups in total. The van der Waals surface area contributed by atoms with Crippen LogP contribution in [0.3, 0.4) is 0 Å². The van der Waals surface area contributed by atoms with E-state index in [1.807, 2.05) is 12.4 Å². The van der Waals surface area contributed by atoms with E-state index in [9.17, 15) is 9.59 Å². The van der Waals surface area contributed by atoms with Gasteiger partial charge in [0.15, 0.2) is 0 Å². The highest BCUT2D eigenvalue weighted by molar-refractivity contribution is 5.84. The zero-order valence-electron chi connectivity index (χ0n) is 11.7. The third kappa shape index (κ3) is 3.08. The van der Waals surface area contributed by atoms with Crippen molar-refractivity contribution in [2.24, 2.45) is 5.92 Å². The summed E-state index contributed by atoms with van der Waals surface area (Å²) in [5.41, 5.74) is 0. The van der Waals surface area contributed by atoms with Gasteiger partial charge in [-0.15, -0.1) is 0 Å². The number of imidazole rings is 1. The van der Waals surface area contributed by atoms with E-state index in [0.717, 1.165) is 12.4 Å². The number of hydrogen-bond donors (Lipinski definition) is 1. The molecule has 0 radical (unpaired) electrons. The summed E-state index contributed by atoms with van der Waals surface area (Å²) in [6.45, 7) is 1.42. The van der Waals surface area contributed by atoms with E-state index in [4.69, 9.17) is 0 Å². The van der Waals surface area contributed by atoms with Gasteiger partial charge in [0.25, 0.3) is 0 Å². The summed E-state index contributed by atoms with van der Waals surface area (Å²) in [4.78, 5) is 27.6. The van der Waals surface area contributed by atoms with Gasteiger partial charge in [0.1, 0.15) is 11.6 Å². The number of hydrogen-bond acceptors (Lipinski definition) is 3. The molecule has 2 aliphatic rings. The van der Waals surface area contributed by atoms with Crippen LogP contribution in [0.15, 0.2) is 12.4 Å². The Morgan fingerprint density at radius 3 is 2.75 bits per heavy atom. The molecule has 2 fully saturated rings. The predicted octanol–water partition coefficient (Wildman–Crippen LogP) is 1.64. The lowest BCUT2D eigenvalue weighted by molar-refractivity contribution is -0.128. The maximum absolute atomic E-state index is 12.0. The first kappa shape index (κ1) is 13.3. The Labute approximate surface area is 118 Å². The van der Waals surface area contributed by atoms with E-state index in [1.165, 1.54) is 12.8 Å². The van der Waals surface area contributed by atoms with Gasteiger partial charge < -0.3 is 9.88 Å². The molecule has 3 rings (SSSR count). The number of nitrogens with zero attached hydrogens (tertiary/aromatic N) is 2. The lowest BCUT2D eigenvalue weighted by atomic mass is 9.88. The van der Waals surface area contributed by atoms with E-state index in [1.54, 1.807) is 0 Å². The third-order valence-electron chi connectivity index (χ3n) is 4.26. The Balaban J connectivity index is 1.44. The van der Waals surface area contributed by atoms with Gasteiger partial charge in [0.05, 0.1) is 0 Å². The number of ketones is 1. The van der Waals surface area contributed by atoms with Crippen molar-refractivity contribution in [3.8, 4) is 0 Å². The summed E-state index contributed by atoms with van der Waals surface area (Å²) in [5, 5.41) is 2.99. The highest BCUT2D eigenvalue weighted by Crippen LogP contribution is 2.38. The molecule has 1 aromatic rings. The third-order valence-corrected chi connectivity index (χ3v) is 4.26. The van der Waals surface area contributed by atoms with Crippen LogP contribution in [-0.4, -0.2) is 27.8 Å². The van der Waals surface area contributed by atoms with Gasteiger partial charge >= 0.3 is 0 Å². The maximum atomic E-state index is 12.0. The van der Waals surface area contributed by atoms with Gasteiger partial charge in [0, 0.05) is 50.2 Å². The van der Waals surface area contributed by atoms with Crippen LogP contribution < -0.4 is 5.32 Å². The summed E-state index contributed by atoms with van der Waals surface area (Å²) >= 11 is 0. The van der Waals surface area contributed by atoms with Crippen LogP contribution in [0, 0.1) is 5.92 Å². The Morgan fingerprint density at radius 2 is 2.05 bits per heavy atom. The van der Waals surface area contributed by atoms with Crippen LogP contribution >= 0.6 is 0 Å². The molecule has 0 spiro atoms. The molecular formula is C15H21N3O2. The van der Waals surface area contributed by atoms with Gasteiger partial charge in [-0.05, 0) is 25.7 Å². The van der Waals surface area contributed by atoms with Gasteiger partial charge in [-0.1, -0.05) is 0 Å². The molecule has 5 nitrogen and oxygen atoms in total. The number of Topliss-reactive ketones (excluding diaryl/α,β-unsaturated/α-hetero) is 1. The maximum Gasteiger partial charge on any atom is 0.223 e. The molecule has 0 aliphatic heterocycles. The van der Waals surface area contributed by atoms with Crippen molar-refractivity contribution in [3.63, 3.8) is 0 Å². The van der Waals surface area contributed by atoms with E-state index < -0.39 is 0 Å². The molecule has 20 heavy (non-hydrogen) atoms.